The minimum absolute atomic E-state index is 0.0695. The first kappa shape index (κ1) is 22.8. The molecule has 0 aromatic carbocycles. The van der Waals surface area contributed by atoms with Crippen LogP contribution in [0, 0.1) is 5.92 Å². The number of aliphatic carboxylic acids is 1. The molecule has 10 nitrogen and oxygen atoms in total. The van der Waals surface area contributed by atoms with E-state index in [1.807, 2.05) is 13.8 Å². The molecule has 0 spiro atoms. The van der Waals surface area contributed by atoms with Gasteiger partial charge in [-0.15, -0.1) is 0 Å². The van der Waals surface area contributed by atoms with Gasteiger partial charge in [0.15, 0.2) is 0 Å². The molecule has 3 amide bonds. The van der Waals surface area contributed by atoms with Crippen LogP contribution in [-0.2, 0) is 19.2 Å². The maximum Gasteiger partial charge on any atom is 0.326 e. The van der Waals surface area contributed by atoms with Crippen LogP contribution in [0.5, 0.6) is 0 Å². The second-order valence-electron chi connectivity index (χ2n) is 7.18. The van der Waals surface area contributed by atoms with Gasteiger partial charge in [-0.05, 0) is 38.6 Å². The maximum absolute atomic E-state index is 12.2. The lowest BCUT2D eigenvalue weighted by atomic mass is 10.0. The van der Waals surface area contributed by atoms with Crippen molar-refractivity contribution in [2.45, 2.75) is 64.3 Å². The highest BCUT2D eigenvalue weighted by atomic mass is 16.4. The third kappa shape index (κ3) is 7.92. The predicted molar refractivity (Wildman–Crippen MR) is 96.7 cm³/mol. The summed E-state index contributed by atoms with van der Waals surface area (Å²) in [5, 5.41) is 29.0. The number of carbonyl (C=O) groups is 4. The molecule has 0 radical (unpaired) electrons. The lowest BCUT2D eigenvalue weighted by Gasteiger charge is -2.23. The van der Waals surface area contributed by atoms with Crippen molar-refractivity contribution in [3.05, 3.63) is 0 Å². The molecule has 1 fully saturated rings. The number of nitrogens with one attached hydrogen (secondary N) is 4. The van der Waals surface area contributed by atoms with Crippen LogP contribution in [0.15, 0.2) is 0 Å². The van der Waals surface area contributed by atoms with Crippen molar-refractivity contribution in [2.75, 3.05) is 13.1 Å². The minimum atomic E-state index is -1.21. The summed E-state index contributed by atoms with van der Waals surface area (Å²) in [6.07, 6.45) is 0.598. The zero-order valence-corrected chi connectivity index (χ0v) is 15.9. The number of aliphatic hydroxyl groups is 1. The molecule has 1 rings (SSSR count). The van der Waals surface area contributed by atoms with E-state index in [0.717, 1.165) is 6.42 Å². The zero-order chi connectivity index (χ0) is 20.6. The molecule has 0 aliphatic carbocycles. The van der Waals surface area contributed by atoms with Gasteiger partial charge < -0.3 is 31.5 Å². The van der Waals surface area contributed by atoms with Gasteiger partial charge >= 0.3 is 5.97 Å². The normalized spacial score (nSPS) is 19.8. The molecule has 1 aliphatic rings. The smallest absolute Gasteiger partial charge is 0.326 e. The Morgan fingerprint density at radius 1 is 1.15 bits per heavy atom. The average molecular weight is 386 g/mol. The first-order chi connectivity index (χ1) is 12.6. The molecular formula is C17H30N4O6. The van der Waals surface area contributed by atoms with Crippen LogP contribution in [-0.4, -0.2) is 71.2 Å². The summed E-state index contributed by atoms with van der Waals surface area (Å²) in [7, 11) is 0. The van der Waals surface area contributed by atoms with Crippen molar-refractivity contribution in [2.24, 2.45) is 5.92 Å². The summed E-state index contributed by atoms with van der Waals surface area (Å²) in [5.41, 5.74) is 0. The third-order valence-electron chi connectivity index (χ3n) is 4.20. The Morgan fingerprint density at radius 3 is 2.30 bits per heavy atom. The van der Waals surface area contributed by atoms with Crippen molar-refractivity contribution >= 4 is 23.7 Å². The molecule has 0 aromatic heterocycles. The van der Waals surface area contributed by atoms with Crippen LogP contribution >= 0.6 is 0 Å². The standard InChI is InChI=1S/C17H30N4O6/c1-9(2)7-12(17(26)27)20-13(23)8-19-16(25)14(10(3)22)21-15(24)11-5-4-6-18-11/h9-12,14,18,22H,4-8H2,1-3H3,(H,19,25)(H,20,23)(H,21,24)(H,26,27). The van der Waals surface area contributed by atoms with E-state index in [2.05, 4.69) is 21.3 Å². The van der Waals surface area contributed by atoms with Crippen molar-refractivity contribution in [1.29, 1.82) is 0 Å². The molecule has 6 N–H and O–H groups in total. The molecule has 27 heavy (non-hydrogen) atoms. The number of carboxylic acids is 1. The molecule has 1 heterocycles. The second kappa shape index (κ2) is 10.8. The molecule has 0 bridgehead atoms. The summed E-state index contributed by atoms with van der Waals surface area (Å²) >= 11 is 0. The highest BCUT2D eigenvalue weighted by Crippen LogP contribution is 2.06. The molecule has 0 saturated carbocycles. The van der Waals surface area contributed by atoms with Crippen LogP contribution in [0.3, 0.4) is 0 Å². The van der Waals surface area contributed by atoms with Crippen LogP contribution in [0.25, 0.3) is 0 Å². The Bertz CT molecular complexity index is 546. The monoisotopic (exact) mass is 386 g/mol. The quantitative estimate of drug-likeness (QED) is 0.262. The predicted octanol–water partition coefficient (Wildman–Crippen LogP) is -1.66. The maximum atomic E-state index is 12.2. The largest absolute Gasteiger partial charge is 0.480 e. The Balaban J connectivity index is 2.53. The average Bonchev–Trinajstić information content (AvgIpc) is 3.10. The van der Waals surface area contributed by atoms with Gasteiger partial charge in [0.1, 0.15) is 12.1 Å². The van der Waals surface area contributed by atoms with Crippen molar-refractivity contribution < 1.29 is 29.4 Å². The molecule has 0 aromatic rings. The minimum Gasteiger partial charge on any atom is -0.480 e. The van der Waals surface area contributed by atoms with Crippen LogP contribution in [0.2, 0.25) is 0 Å². The number of rotatable bonds is 10. The Kier molecular flexibility index (Phi) is 9.16. The Labute approximate surface area is 158 Å². The van der Waals surface area contributed by atoms with E-state index in [1.165, 1.54) is 6.92 Å². The molecule has 10 heteroatoms. The van der Waals surface area contributed by atoms with Crippen molar-refractivity contribution in [1.82, 2.24) is 21.3 Å². The Morgan fingerprint density at radius 2 is 1.81 bits per heavy atom. The summed E-state index contributed by atoms with van der Waals surface area (Å²) in [6, 6.07) is -2.66. The Hall–Kier alpha value is -2.20. The summed E-state index contributed by atoms with van der Waals surface area (Å²) in [4.78, 5) is 47.4. The van der Waals surface area contributed by atoms with Gasteiger partial charge in [-0.1, -0.05) is 13.8 Å². The van der Waals surface area contributed by atoms with E-state index in [9.17, 15) is 24.3 Å². The van der Waals surface area contributed by atoms with Gasteiger partial charge in [0, 0.05) is 0 Å². The second-order valence-corrected chi connectivity index (χ2v) is 7.18. The molecular weight excluding hydrogens is 356 g/mol. The van der Waals surface area contributed by atoms with E-state index in [-0.39, 0.29) is 18.2 Å². The first-order valence-electron chi connectivity index (χ1n) is 9.13. The van der Waals surface area contributed by atoms with Crippen molar-refractivity contribution in [3.63, 3.8) is 0 Å². The zero-order valence-electron chi connectivity index (χ0n) is 15.9. The fraction of sp³-hybridized carbons (Fsp3) is 0.765. The van der Waals surface area contributed by atoms with Crippen LogP contribution in [0.1, 0.15) is 40.0 Å². The number of aliphatic hydroxyl groups excluding tert-OH is 1. The van der Waals surface area contributed by atoms with Crippen LogP contribution < -0.4 is 21.3 Å². The van der Waals surface area contributed by atoms with E-state index in [4.69, 9.17) is 5.11 Å². The van der Waals surface area contributed by atoms with Gasteiger partial charge in [-0.3, -0.25) is 14.4 Å². The number of carboxylic acid groups (broad SMARTS) is 1. The van der Waals surface area contributed by atoms with Gasteiger partial charge in [0.25, 0.3) is 0 Å². The van der Waals surface area contributed by atoms with Gasteiger partial charge in [-0.25, -0.2) is 4.79 Å². The number of hydrogen-bond acceptors (Lipinski definition) is 6. The van der Waals surface area contributed by atoms with E-state index in [1.54, 1.807) is 0 Å². The molecule has 4 unspecified atom stereocenters. The molecule has 1 saturated heterocycles. The van der Waals surface area contributed by atoms with Crippen molar-refractivity contribution in [3.8, 4) is 0 Å². The summed E-state index contributed by atoms with van der Waals surface area (Å²) in [6.45, 7) is 5.28. The summed E-state index contributed by atoms with van der Waals surface area (Å²) in [5.74, 6) is -2.85. The number of amides is 3. The molecule has 1 aliphatic heterocycles. The fourth-order valence-electron chi connectivity index (χ4n) is 2.78. The number of hydrogen-bond donors (Lipinski definition) is 6. The van der Waals surface area contributed by atoms with E-state index in [0.29, 0.717) is 13.0 Å². The fourth-order valence-corrected chi connectivity index (χ4v) is 2.78. The van der Waals surface area contributed by atoms with E-state index >= 15 is 0 Å². The number of carbonyl (C=O) groups excluding carboxylic acids is 3. The SMILES string of the molecule is CC(C)CC(NC(=O)CNC(=O)C(NC(=O)C1CCCN1)C(C)O)C(=O)O. The van der Waals surface area contributed by atoms with Gasteiger partial charge in [-0.2, -0.15) is 0 Å². The molecule has 154 valence electrons. The van der Waals surface area contributed by atoms with E-state index < -0.39 is 48.6 Å². The topological polar surface area (TPSA) is 157 Å². The third-order valence-corrected chi connectivity index (χ3v) is 4.20. The highest BCUT2D eigenvalue weighted by molar-refractivity contribution is 5.93. The van der Waals surface area contributed by atoms with Gasteiger partial charge in [0.05, 0.1) is 18.7 Å². The lowest BCUT2D eigenvalue weighted by molar-refractivity contribution is -0.142. The summed E-state index contributed by atoms with van der Waals surface area (Å²) < 4.78 is 0. The van der Waals surface area contributed by atoms with Crippen LogP contribution in [0.4, 0.5) is 0 Å². The lowest BCUT2D eigenvalue weighted by Crippen LogP contribution is -2.57. The molecule has 4 atom stereocenters. The van der Waals surface area contributed by atoms with Gasteiger partial charge in [0.2, 0.25) is 17.7 Å². The highest BCUT2D eigenvalue weighted by Gasteiger charge is 2.30. The first-order valence-corrected chi connectivity index (χ1v) is 9.13.